The molecular formula is C19H30IN7OS. The van der Waals surface area contributed by atoms with Crippen LogP contribution in [0.1, 0.15) is 32.2 Å². The lowest BCUT2D eigenvalue weighted by Gasteiger charge is -2.36. The average molecular weight is 531 g/mol. The maximum Gasteiger partial charge on any atom is 0.218 e. The van der Waals surface area contributed by atoms with Gasteiger partial charge in [0.1, 0.15) is 5.82 Å². The largest absolute Gasteiger partial charge is 0.478 e. The summed E-state index contributed by atoms with van der Waals surface area (Å²) in [4.78, 5) is 18.4. The minimum atomic E-state index is 0. The zero-order chi connectivity index (χ0) is 19.8. The van der Waals surface area contributed by atoms with Crippen molar-refractivity contribution in [1.82, 2.24) is 24.6 Å². The summed E-state index contributed by atoms with van der Waals surface area (Å²) in [5.41, 5.74) is 0.999. The summed E-state index contributed by atoms with van der Waals surface area (Å²) in [6.45, 7) is 11.8. The van der Waals surface area contributed by atoms with E-state index in [1.807, 2.05) is 19.1 Å². The van der Waals surface area contributed by atoms with E-state index in [0.717, 1.165) is 61.6 Å². The molecule has 8 nitrogen and oxygen atoms in total. The summed E-state index contributed by atoms with van der Waals surface area (Å²) >= 11 is 1.49. The van der Waals surface area contributed by atoms with Gasteiger partial charge < -0.3 is 19.9 Å². The van der Waals surface area contributed by atoms with Gasteiger partial charge in [-0.15, -0.1) is 24.0 Å². The number of piperazine rings is 1. The number of anilines is 1. The third-order valence-electron chi connectivity index (χ3n) is 4.49. The highest BCUT2D eigenvalue weighted by atomic mass is 127. The quantitative estimate of drug-likeness (QED) is 0.335. The van der Waals surface area contributed by atoms with Crippen molar-refractivity contribution in [2.75, 3.05) is 44.2 Å². The molecule has 2 aromatic heterocycles. The molecule has 0 amide bonds. The first kappa shape index (κ1) is 23.6. The van der Waals surface area contributed by atoms with E-state index in [4.69, 9.17) is 9.73 Å². The van der Waals surface area contributed by atoms with E-state index < -0.39 is 0 Å². The van der Waals surface area contributed by atoms with Crippen molar-refractivity contribution in [3.63, 3.8) is 0 Å². The number of guanidine groups is 1. The summed E-state index contributed by atoms with van der Waals surface area (Å²) < 4.78 is 10.0. The molecule has 0 aromatic carbocycles. The average Bonchev–Trinajstić information content (AvgIpc) is 3.22. The first-order valence-electron chi connectivity index (χ1n) is 9.92. The van der Waals surface area contributed by atoms with Crippen molar-refractivity contribution in [2.24, 2.45) is 4.99 Å². The molecule has 2 aromatic rings. The van der Waals surface area contributed by atoms with Crippen LogP contribution in [0.15, 0.2) is 23.3 Å². The van der Waals surface area contributed by atoms with Crippen molar-refractivity contribution >= 4 is 46.6 Å². The van der Waals surface area contributed by atoms with Crippen LogP contribution in [0, 0.1) is 0 Å². The fraction of sp³-hybridized carbons (Fsp3) is 0.579. The molecule has 3 heterocycles. The van der Waals surface area contributed by atoms with E-state index in [0.29, 0.717) is 19.0 Å². The van der Waals surface area contributed by atoms with Crippen LogP contribution in [-0.4, -0.2) is 64.5 Å². The van der Waals surface area contributed by atoms with Crippen molar-refractivity contribution < 1.29 is 4.74 Å². The van der Waals surface area contributed by atoms with Gasteiger partial charge in [-0.2, -0.15) is 4.37 Å². The molecule has 0 bridgehead atoms. The number of nitrogens with zero attached hydrogens (tertiary/aromatic N) is 6. The summed E-state index contributed by atoms with van der Waals surface area (Å²) in [5, 5.41) is 4.44. The summed E-state index contributed by atoms with van der Waals surface area (Å²) in [7, 11) is 0. The SMILES string of the molecule is CCNC(=NCc1cccnc1OCC)N1CCN(c2nc(CC)ns2)CC1.I. The van der Waals surface area contributed by atoms with Crippen LogP contribution >= 0.6 is 35.5 Å². The first-order chi connectivity index (χ1) is 13.7. The van der Waals surface area contributed by atoms with Crippen LogP contribution in [0.25, 0.3) is 0 Å². The summed E-state index contributed by atoms with van der Waals surface area (Å²) in [6, 6.07) is 3.94. The smallest absolute Gasteiger partial charge is 0.218 e. The minimum Gasteiger partial charge on any atom is -0.478 e. The molecule has 3 rings (SSSR count). The number of aliphatic imine (C=N–C) groups is 1. The Morgan fingerprint density at radius 2 is 2.03 bits per heavy atom. The molecule has 10 heteroatoms. The lowest BCUT2D eigenvalue weighted by molar-refractivity contribution is 0.323. The molecule has 1 saturated heterocycles. The van der Waals surface area contributed by atoms with E-state index in [-0.39, 0.29) is 24.0 Å². The van der Waals surface area contributed by atoms with Gasteiger partial charge in [0.25, 0.3) is 0 Å². The second kappa shape index (κ2) is 12.1. The summed E-state index contributed by atoms with van der Waals surface area (Å²) in [6.07, 6.45) is 2.63. The zero-order valence-corrected chi connectivity index (χ0v) is 20.4. The number of aryl methyl sites for hydroxylation is 1. The molecule has 1 fully saturated rings. The third-order valence-corrected chi connectivity index (χ3v) is 5.30. The van der Waals surface area contributed by atoms with Crippen molar-refractivity contribution in [1.29, 1.82) is 0 Å². The molecule has 0 spiro atoms. The molecule has 1 aliphatic heterocycles. The molecule has 0 unspecified atom stereocenters. The molecule has 1 N–H and O–H groups in total. The second-order valence-electron chi connectivity index (χ2n) is 6.39. The lowest BCUT2D eigenvalue weighted by atomic mass is 10.3. The summed E-state index contributed by atoms with van der Waals surface area (Å²) in [5.74, 6) is 2.52. The fourth-order valence-corrected chi connectivity index (χ4v) is 3.82. The number of hydrogen-bond acceptors (Lipinski definition) is 7. The van der Waals surface area contributed by atoms with Crippen molar-refractivity contribution in [2.45, 2.75) is 33.7 Å². The molecule has 0 saturated carbocycles. The maximum atomic E-state index is 5.62. The number of aromatic nitrogens is 3. The van der Waals surface area contributed by atoms with Crippen LogP contribution in [-0.2, 0) is 13.0 Å². The van der Waals surface area contributed by atoms with Gasteiger partial charge >= 0.3 is 0 Å². The van der Waals surface area contributed by atoms with Gasteiger partial charge in [-0.25, -0.2) is 15.0 Å². The van der Waals surface area contributed by atoms with Gasteiger partial charge in [0.05, 0.1) is 13.2 Å². The molecule has 29 heavy (non-hydrogen) atoms. The number of hydrogen-bond donors (Lipinski definition) is 1. The Morgan fingerprint density at radius 1 is 1.24 bits per heavy atom. The van der Waals surface area contributed by atoms with Crippen molar-refractivity contribution in [3.8, 4) is 5.88 Å². The van der Waals surface area contributed by atoms with E-state index in [2.05, 4.69) is 43.3 Å². The van der Waals surface area contributed by atoms with Crippen LogP contribution in [0.2, 0.25) is 0 Å². The first-order valence-corrected chi connectivity index (χ1v) is 10.7. The standard InChI is InChI=1S/C19H29N7OS.HI/c1-4-16-23-19(28-24-16)26-12-10-25(11-13-26)18(20-5-2)22-14-15-8-7-9-21-17(15)27-6-3;/h7-9H,4-6,10-14H2,1-3H3,(H,20,22);1H. The minimum absolute atomic E-state index is 0. The van der Waals surface area contributed by atoms with E-state index in [9.17, 15) is 0 Å². The number of halogens is 1. The number of nitrogens with one attached hydrogen (secondary N) is 1. The highest BCUT2D eigenvalue weighted by Crippen LogP contribution is 2.20. The topological polar surface area (TPSA) is 78.8 Å². The van der Waals surface area contributed by atoms with Crippen LogP contribution < -0.4 is 15.0 Å². The lowest BCUT2D eigenvalue weighted by Crippen LogP contribution is -2.52. The third kappa shape index (κ3) is 6.39. The van der Waals surface area contributed by atoms with Crippen LogP contribution in [0.5, 0.6) is 5.88 Å². The Kier molecular flexibility index (Phi) is 9.85. The predicted molar refractivity (Wildman–Crippen MR) is 129 cm³/mol. The van der Waals surface area contributed by atoms with Crippen LogP contribution in [0.3, 0.4) is 0 Å². The highest BCUT2D eigenvalue weighted by molar-refractivity contribution is 14.0. The van der Waals surface area contributed by atoms with Gasteiger partial charge in [-0.1, -0.05) is 13.0 Å². The monoisotopic (exact) mass is 531 g/mol. The van der Waals surface area contributed by atoms with Gasteiger partial charge in [0, 0.05) is 62.4 Å². The maximum absolute atomic E-state index is 5.62. The highest BCUT2D eigenvalue weighted by Gasteiger charge is 2.22. The van der Waals surface area contributed by atoms with Crippen molar-refractivity contribution in [3.05, 3.63) is 29.7 Å². The normalized spacial score (nSPS) is 14.5. The molecule has 160 valence electrons. The predicted octanol–water partition coefficient (Wildman–Crippen LogP) is 2.80. The van der Waals surface area contributed by atoms with Crippen LogP contribution in [0.4, 0.5) is 5.13 Å². The Morgan fingerprint density at radius 3 is 2.69 bits per heavy atom. The molecule has 1 aliphatic rings. The number of pyridine rings is 1. The van der Waals surface area contributed by atoms with Gasteiger partial charge in [0.15, 0.2) is 5.96 Å². The Balaban J connectivity index is 0.00000300. The van der Waals surface area contributed by atoms with E-state index in [1.54, 1.807) is 6.20 Å². The molecule has 0 radical (unpaired) electrons. The van der Waals surface area contributed by atoms with E-state index in [1.165, 1.54) is 11.5 Å². The molecular weight excluding hydrogens is 501 g/mol. The Hall–Kier alpha value is -1.69. The van der Waals surface area contributed by atoms with E-state index >= 15 is 0 Å². The number of rotatable bonds is 7. The Bertz CT molecular complexity index is 777. The van der Waals surface area contributed by atoms with Gasteiger partial charge in [0.2, 0.25) is 11.0 Å². The fourth-order valence-electron chi connectivity index (χ4n) is 3.02. The van der Waals surface area contributed by atoms with Gasteiger partial charge in [-0.3, -0.25) is 0 Å². The molecule has 0 aliphatic carbocycles. The second-order valence-corrected chi connectivity index (χ2v) is 7.12. The Labute approximate surface area is 194 Å². The number of ether oxygens (including phenoxy) is 1. The molecule has 0 atom stereocenters. The van der Waals surface area contributed by atoms with Gasteiger partial charge in [-0.05, 0) is 19.9 Å². The zero-order valence-electron chi connectivity index (χ0n) is 17.3.